The number of thiazole rings is 1. The third kappa shape index (κ3) is 2.10. The van der Waals surface area contributed by atoms with E-state index < -0.39 is 0 Å². The summed E-state index contributed by atoms with van der Waals surface area (Å²) in [6.07, 6.45) is 1.34. The van der Waals surface area contributed by atoms with Crippen LogP contribution in [0.2, 0.25) is 0 Å². The molecule has 0 aliphatic carbocycles. The van der Waals surface area contributed by atoms with Gasteiger partial charge in [0.2, 0.25) is 0 Å². The second-order valence-electron chi connectivity index (χ2n) is 3.99. The molecule has 0 bridgehead atoms. The summed E-state index contributed by atoms with van der Waals surface area (Å²) in [6.45, 7) is 0.749. The molecule has 4 nitrogen and oxygen atoms in total. The van der Waals surface area contributed by atoms with Crippen molar-refractivity contribution in [2.75, 3.05) is 6.54 Å². The number of ether oxygens (including phenoxy) is 1. The second kappa shape index (κ2) is 4.33. The lowest BCUT2D eigenvalue weighted by Gasteiger charge is -2.21. The molecule has 1 N–H and O–H groups in total. The fourth-order valence-electron chi connectivity index (χ4n) is 1.88. The summed E-state index contributed by atoms with van der Waals surface area (Å²) in [5, 5.41) is 3.38. The highest BCUT2D eigenvalue weighted by molar-refractivity contribution is 7.20. The van der Waals surface area contributed by atoms with Crippen LogP contribution in [0.3, 0.4) is 0 Å². The molecule has 1 saturated heterocycles. The van der Waals surface area contributed by atoms with Crippen molar-refractivity contribution in [1.29, 1.82) is 0 Å². The molecule has 1 aliphatic rings. The topological polar surface area (TPSA) is 51.2 Å². The fraction of sp³-hybridized carbons (Fsp3) is 0.333. The standard InChI is InChI=1S/C12H12N2O2S/c15-11-9(5-3-7-13-11)16-12-14-8-4-1-2-6-10(8)17-12/h1-2,4,6,9H,3,5,7H2,(H,13,15). The molecule has 0 spiro atoms. The van der Waals surface area contributed by atoms with Gasteiger partial charge in [-0.15, -0.1) is 0 Å². The van der Waals surface area contributed by atoms with Crippen LogP contribution in [0.25, 0.3) is 10.2 Å². The van der Waals surface area contributed by atoms with Crippen LogP contribution in [0.15, 0.2) is 24.3 Å². The summed E-state index contributed by atoms with van der Waals surface area (Å²) in [4.78, 5) is 15.9. The van der Waals surface area contributed by atoms with Gasteiger partial charge in [-0.3, -0.25) is 4.79 Å². The van der Waals surface area contributed by atoms with Gasteiger partial charge in [0.05, 0.1) is 10.2 Å². The van der Waals surface area contributed by atoms with E-state index in [0.29, 0.717) is 5.19 Å². The molecule has 1 aromatic carbocycles. The van der Waals surface area contributed by atoms with E-state index in [0.717, 1.165) is 29.6 Å². The molecule has 17 heavy (non-hydrogen) atoms. The molecule has 1 unspecified atom stereocenters. The summed E-state index contributed by atoms with van der Waals surface area (Å²) >= 11 is 1.48. The Kier molecular flexibility index (Phi) is 2.68. The van der Waals surface area contributed by atoms with E-state index in [2.05, 4.69) is 10.3 Å². The number of rotatable bonds is 2. The maximum atomic E-state index is 11.6. The Balaban J connectivity index is 1.82. The largest absolute Gasteiger partial charge is 0.457 e. The van der Waals surface area contributed by atoms with Gasteiger partial charge < -0.3 is 10.1 Å². The number of carbonyl (C=O) groups is 1. The van der Waals surface area contributed by atoms with Crippen LogP contribution in [-0.2, 0) is 4.79 Å². The molecular weight excluding hydrogens is 236 g/mol. The maximum Gasteiger partial charge on any atom is 0.275 e. The van der Waals surface area contributed by atoms with Crippen LogP contribution < -0.4 is 10.1 Å². The highest BCUT2D eigenvalue weighted by atomic mass is 32.1. The summed E-state index contributed by atoms with van der Waals surface area (Å²) in [7, 11) is 0. The number of hydrogen-bond acceptors (Lipinski definition) is 4. The number of carbonyl (C=O) groups excluding carboxylic acids is 1. The third-order valence-electron chi connectivity index (χ3n) is 2.75. The number of para-hydroxylation sites is 1. The zero-order valence-corrected chi connectivity index (χ0v) is 10.00. The first-order valence-corrected chi connectivity index (χ1v) is 6.44. The molecule has 2 heterocycles. The van der Waals surface area contributed by atoms with Crippen LogP contribution in [0.1, 0.15) is 12.8 Å². The van der Waals surface area contributed by atoms with Crippen molar-refractivity contribution >= 4 is 27.5 Å². The van der Waals surface area contributed by atoms with Gasteiger partial charge in [0, 0.05) is 6.54 Å². The molecular formula is C12H12N2O2S. The monoisotopic (exact) mass is 248 g/mol. The third-order valence-corrected chi connectivity index (χ3v) is 3.68. The van der Waals surface area contributed by atoms with E-state index in [1.807, 2.05) is 24.3 Å². The molecule has 5 heteroatoms. The Morgan fingerprint density at radius 1 is 1.41 bits per heavy atom. The van der Waals surface area contributed by atoms with Gasteiger partial charge in [0.25, 0.3) is 11.1 Å². The van der Waals surface area contributed by atoms with Crippen molar-refractivity contribution in [2.24, 2.45) is 0 Å². The summed E-state index contributed by atoms with van der Waals surface area (Å²) in [5.74, 6) is -0.0319. The van der Waals surface area contributed by atoms with Crippen LogP contribution in [0.4, 0.5) is 0 Å². The van der Waals surface area contributed by atoms with Crippen molar-refractivity contribution in [3.8, 4) is 5.19 Å². The van der Waals surface area contributed by atoms with Crippen molar-refractivity contribution in [1.82, 2.24) is 10.3 Å². The molecule has 1 fully saturated rings. The van der Waals surface area contributed by atoms with E-state index >= 15 is 0 Å². The number of amides is 1. The molecule has 2 aromatic rings. The van der Waals surface area contributed by atoms with Crippen LogP contribution in [0.5, 0.6) is 5.19 Å². The molecule has 3 rings (SSSR count). The van der Waals surface area contributed by atoms with Gasteiger partial charge in [-0.05, 0) is 25.0 Å². The first-order chi connectivity index (χ1) is 8.33. The lowest BCUT2D eigenvalue weighted by atomic mass is 10.1. The fourth-order valence-corrected chi connectivity index (χ4v) is 2.74. The van der Waals surface area contributed by atoms with Gasteiger partial charge in [0.1, 0.15) is 0 Å². The van der Waals surface area contributed by atoms with Crippen molar-refractivity contribution in [2.45, 2.75) is 18.9 Å². The van der Waals surface area contributed by atoms with Crippen LogP contribution in [-0.4, -0.2) is 23.5 Å². The van der Waals surface area contributed by atoms with Gasteiger partial charge in [-0.2, -0.15) is 0 Å². The molecule has 1 aliphatic heterocycles. The Morgan fingerprint density at radius 3 is 3.12 bits per heavy atom. The lowest BCUT2D eigenvalue weighted by molar-refractivity contribution is -0.129. The molecule has 0 radical (unpaired) electrons. The molecule has 1 atom stereocenters. The average Bonchev–Trinajstić information content (AvgIpc) is 2.74. The number of hydrogen-bond donors (Lipinski definition) is 1. The smallest absolute Gasteiger partial charge is 0.275 e. The summed E-state index contributed by atoms with van der Waals surface area (Å²) in [6, 6.07) is 7.86. The first-order valence-electron chi connectivity index (χ1n) is 5.63. The van der Waals surface area contributed by atoms with Gasteiger partial charge in [-0.25, -0.2) is 4.98 Å². The zero-order valence-electron chi connectivity index (χ0n) is 9.18. The maximum absolute atomic E-state index is 11.6. The molecule has 1 amide bonds. The van der Waals surface area contributed by atoms with Crippen molar-refractivity contribution in [3.05, 3.63) is 24.3 Å². The van der Waals surface area contributed by atoms with E-state index in [9.17, 15) is 4.79 Å². The van der Waals surface area contributed by atoms with E-state index in [4.69, 9.17) is 4.74 Å². The predicted molar refractivity (Wildman–Crippen MR) is 66.3 cm³/mol. The Morgan fingerprint density at radius 2 is 2.29 bits per heavy atom. The minimum Gasteiger partial charge on any atom is -0.457 e. The number of nitrogens with zero attached hydrogens (tertiary/aromatic N) is 1. The highest BCUT2D eigenvalue weighted by Gasteiger charge is 2.24. The summed E-state index contributed by atoms with van der Waals surface area (Å²) < 4.78 is 6.73. The normalized spacial score (nSPS) is 20.2. The van der Waals surface area contributed by atoms with Crippen molar-refractivity contribution in [3.63, 3.8) is 0 Å². The average molecular weight is 248 g/mol. The van der Waals surface area contributed by atoms with Crippen LogP contribution >= 0.6 is 11.3 Å². The number of nitrogens with one attached hydrogen (secondary N) is 1. The highest BCUT2D eigenvalue weighted by Crippen LogP contribution is 2.28. The number of fused-ring (bicyclic) bond motifs is 1. The number of aromatic nitrogens is 1. The zero-order chi connectivity index (χ0) is 11.7. The minimum absolute atomic E-state index is 0.0319. The minimum atomic E-state index is -0.385. The Labute approximate surface area is 103 Å². The molecule has 1 aromatic heterocycles. The Bertz CT molecular complexity index is 519. The molecule has 88 valence electrons. The second-order valence-corrected chi connectivity index (χ2v) is 4.98. The predicted octanol–water partition coefficient (Wildman–Crippen LogP) is 1.95. The quantitative estimate of drug-likeness (QED) is 0.883. The number of piperidine rings is 1. The van der Waals surface area contributed by atoms with Crippen molar-refractivity contribution < 1.29 is 9.53 Å². The lowest BCUT2D eigenvalue weighted by Crippen LogP contribution is -2.43. The Hall–Kier alpha value is -1.62. The van der Waals surface area contributed by atoms with Gasteiger partial charge >= 0.3 is 0 Å². The van der Waals surface area contributed by atoms with Gasteiger partial charge in [-0.1, -0.05) is 23.5 Å². The first kappa shape index (κ1) is 10.5. The number of benzene rings is 1. The molecule has 0 saturated carbocycles. The SMILES string of the molecule is O=C1NCCCC1Oc1nc2ccccc2s1. The summed E-state index contributed by atoms with van der Waals surface area (Å²) in [5.41, 5.74) is 0.920. The van der Waals surface area contributed by atoms with Crippen LogP contribution in [0, 0.1) is 0 Å². The van der Waals surface area contributed by atoms with Gasteiger partial charge in [0.15, 0.2) is 6.10 Å². The van der Waals surface area contributed by atoms with E-state index in [1.54, 1.807) is 0 Å². The van der Waals surface area contributed by atoms with E-state index in [-0.39, 0.29) is 12.0 Å². The van der Waals surface area contributed by atoms with E-state index in [1.165, 1.54) is 11.3 Å².